The highest BCUT2D eigenvalue weighted by Crippen LogP contribution is 2.30. The number of aryl methyl sites for hydroxylation is 1. The number of hydrogen-bond acceptors (Lipinski definition) is 2. The Morgan fingerprint density at radius 1 is 1.20 bits per heavy atom. The Morgan fingerprint density at radius 2 is 1.85 bits per heavy atom. The first-order valence-electron chi connectivity index (χ1n) is 5.90. The number of rotatable bonds is 3. The van der Waals surface area contributed by atoms with Crippen molar-refractivity contribution >= 4 is 11.6 Å². The highest BCUT2D eigenvalue weighted by molar-refractivity contribution is 6.31. The molecule has 5 heteroatoms. The van der Waals surface area contributed by atoms with Crippen LogP contribution in [-0.4, -0.2) is 0 Å². The van der Waals surface area contributed by atoms with Crippen LogP contribution < -0.4 is 4.74 Å². The molecule has 2 nitrogen and oxygen atoms in total. The minimum atomic E-state index is -0.922. The monoisotopic (exact) mass is 293 g/mol. The number of halogens is 3. The first-order chi connectivity index (χ1) is 9.55. The summed E-state index contributed by atoms with van der Waals surface area (Å²) in [5.41, 5.74) is 0.719. The van der Waals surface area contributed by atoms with Gasteiger partial charge in [0, 0.05) is 5.02 Å². The highest BCUT2D eigenvalue weighted by atomic mass is 35.5. The zero-order chi connectivity index (χ0) is 14.7. The molecule has 0 N–H and O–H groups in total. The summed E-state index contributed by atoms with van der Waals surface area (Å²) >= 11 is 5.96. The van der Waals surface area contributed by atoms with Gasteiger partial charge in [-0.25, -0.2) is 8.78 Å². The molecule has 0 amide bonds. The number of ether oxygens (including phenoxy) is 1. The summed E-state index contributed by atoms with van der Waals surface area (Å²) in [6.45, 7) is 1.91. The molecule has 0 aliphatic carbocycles. The number of benzene rings is 2. The predicted molar refractivity (Wildman–Crippen MR) is 72.0 cm³/mol. The van der Waals surface area contributed by atoms with E-state index < -0.39 is 17.4 Å². The molecule has 0 unspecified atom stereocenters. The van der Waals surface area contributed by atoms with Gasteiger partial charge < -0.3 is 4.74 Å². The van der Waals surface area contributed by atoms with Gasteiger partial charge in [-0.05, 0) is 42.3 Å². The second-order valence-corrected chi connectivity index (χ2v) is 4.50. The molecule has 0 aliphatic heterocycles. The van der Waals surface area contributed by atoms with Crippen molar-refractivity contribution in [2.24, 2.45) is 0 Å². The van der Waals surface area contributed by atoms with E-state index in [-0.39, 0.29) is 11.3 Å². The minimum absolute atomic E-state index is 0.0993. The van der Waals surface area contributed by atoms with Crippen molar-refractivity contribution in [2.75, 3.05) is 0 Å². The van der Waals surface area contributed by atoms with Crippen molar-refractivity contribution in [3.8, 4) is 17.6 Å². The van der Waals surface area contributed by atoms with Crippen molar-refractivity contribution in [3.05, 3.63) is 58.1 Å². The van der Waals surface area contributed by atoms with Crippen molar-refractivity contribution in [2.45, 2.75) is 13.3 Å². The number of hydrogen-bond donors (Lipinski definition) is 0. The molecular weight excluding hydrogens is 284 g/mol. The third-order valence-corrected chi connectivity index (χ3v) is 3.11. The lowest BCUT2D eigenvalue weighted by atomic mass is 10.1. The van der Waals surface area contributed by atoms with Gasteiger partial charge in [-0.15, -0.1) is 0 Å². The van der Waals surface area contributed by atoms with Crippen LogP contribution in [0.1, 0.15) is 18.1 Å². The van der Waals surface area contributed by atoms with E-state index in [1.807, 2.05) is 6.92 Å². The topological polar surface area (TPSA) is 33.0 Å². The normalized spacial score (nSPS) is 10.2. The van der Waals surface area contributed by atoms with Crippen LogP contribution in [0.4, 0.5) is 8.78 Å². The smallest absolute Gasteiger partial charge is 0.198 e. The lowest BCUT2D eigenvalue weighted by Crippen LogP contribution is -1.95. The maximum absolute atomic E-state index is 13.7. The Bertz CT molecular complexity index is 672. The second kappa shape index (κ2) is 5.89. The van der Waals surface area contributed by atoms with Crippen LogP contribution in [0.3, 0.4) is 0 Å². The lowest BCUT2D eigenvalue weighted by molar-refractivity contribution is 0.407. The van der Waals surface area contributed by atoms with Crippen LogP contribution >= 0.6 is 11.6 Å². The maximum atomic E-state index is 13.7. The third kappa shape index (κ3) is 2.89. The second-order valence-electron chi connectivity index (χ2n) is 4.09. The van der Waals surface area contributed by atoms with Crippen molar-refractivity contribution in [1.29, 1.82) is 5.26 Å². The Balaban J connectivity index is 2.38. The predicted octanol–water partition coefficient (Wildman–Crippen LogP) is 4.84. The van der Waals surface area contributed by atoms with Gasteiger partial charge in [0.05, 0.1) is 11.6 Å². The lowest BCUT2D eigenvalue weighted by Gasteiger charge is -2.10. The molecule has 0 atom stereocenters. The van der Waals surface area contributed by atoms with Gasteiger partial charge >= 0.3 is 0 Å². The summed E-state index contributed by atoms with van der Waals surface area (Å²) < 4.78 is 32.6. The standard InChI is InChI=1S/C15H10ClF2NO/c1-2-10-7-11(3-4-12(10)16)20-15-13(17)5-9(8-19)6-14(15)18/h3-7H,2H2,1H3. The molecule has 2 rings (SSSR count). The van der Waals surface area contributed by atoms with Gasteiger partial charge in [0.2, 0.25) is 0 Å². The van der Waals surface area contributed by atoms with E-state index in [0.717, 1.165) is 17.7 Å². The fourth-order valence-electron chi connectivity index (χ4n) is 1.73. The molecule has 20 heavy (non-hydrogen) atoms. The summed E-state index contributed by atoms with van der Waals surface area (Å²) in [5.74, 6) is -2.09. The van der Waals surface area contributed by atoms with Crippen LogP contribution in [0, 0.1) is 23.0 Å². The highest BCUT2D eigenvalue weighted by Gasteiger charge is 2.14. The fraction of sp³-hybridized carbons (Fsp3) is 0.133. The Labute approximate surface area is 120 Å². The largest absolute Gasteiger partial charge is 0.451 e. The molecule has 0 saturated carbocycles. The number of nitriles is 1. The van der Waals surface area contributed by atoms with Crippen LogP contribution in [-0.2, 0) is 6.42 Å². The van der Waals surface area contributed by atoms with Crippen molar-refractivity contribution in [1.82, 2.24) is 0 Å². The summed E-state index contributed by atoms with van der Waals surface area (Å²) in [6.07, 6.45) is 0.675. The Morgan fingerprint density at radius 3 is 2.40 bits per heavy atom. The average Bonchev–Trinajstić information content (AvgIpc) is 2.44. The molecule has 0 radical (unpaired) electrons. The molecule has 0 spiro atoms. The van der Waals surface area contributed by atoms with Crippen molar-refractivity contribution < 1.29 is 13.5 Å². The molecular formula is C15H10ClF2NO. The summed E-state index contributed by atoms with van der Waals surface area (Å²) in [4.78, 5) is 0. The van der Waals surface area contributed by atoms with Gasteiger partial charge in [0.15, 0.2) is 17.4 Å². The molecule has 0 bridgehead atoms. The van der Waals surface area contributed by atoms with Gasteiger partial charge in [-0.3, -0.25) is 0 Å². The molecule has 0 fully saturated rings. The molecule has 2 aromatic carbocycles. The van der Waals surface area contributed by atoms with E-state index in [0.29, 0.717) is 11.4 Å². The van der Waals surface area contributed by atoms with E-state index in [9.17, 15) is 8.78 Å². The minimum Gasteiger partial charge on any atom is -0.451 e. The van der Waals surface area contributed by atoms with Crippen molar-refractivity contribution in [3.63, 3.8) is 0 Å². The van der Waals surface area contributed by atoms with Gasteiger partial charge in [-0.2, -0.15) is 5.26 Å². The first-order valence-corrected chi connectivity index (χ1v) is 6.28. The molecule has 0 heterocycles. The molecule has 102 valence electrons. The molecule has 0 saturated heterocycles. The first kappa shape index (κ1) is 14.3. The summed E-state index contributed by atoms with van der Waals surface area (Å²) in [7, 11) is 0. The van der Waals surface area contributed by atoms with Crippen LogP contribution in [0.15, 0.2) is 30.3 Å². The maximum Gasteiger partial charge on any atom is 0.198 e. The Kier molecular flexibility index (Phi) is 4.21. The van der Waals surface area contributed by atoms with Crippen LogP contribution in [0.25, 0.3) is 0 Å². The van der Waals surface area contributed by atoms with E-state index in [1.54, 1.807) is 18.2 Å². The Hall–Kier alpha value is -2.12. The summed E-state index contributed by atoms with van der Waals surface area (Å²) in [6, 6.07) is 8.28. The molecule has 0 aliphatic rings. The van der Waals surface area contributed by atoms with Gasteiger partial charge in [0.1, 0.15) is 5.75 Å². The van der Waals surface area contributed by atoms with Crippen LogP contribution in [0.5, 0.6) is 11.5 Å². The van der Waals surface area contributed by atoms with Gasteiger partial charge in [0.25, 0.3) is 0 Å². The SMILES string of the molecule is CCc1cc(Oc2c(F)cc(C#N)cc2F)ccc1Cl. The molecule has 2 aromatic rings. The van der Waals surface area contributed by atoms with Crippen LogP contribution in [0.2, 0.25) is 5.02 Å². The average molecular weight is 294 g/mol. The van der Waals surface area contributed by atoms with E-state index in [1.165, 1.54) is 6.07 Å². The van der Waals surface area contributed by atoms with E-state index in [2.05, 4.69) is 0 Å². The van der Waals surface area contributed by atoms with E-state index >= 15 is 0 Å². The zero-order valence-electron chi connectivity index (χ0n) is 10.6. The fourth-order valence-corrected chi connectivity index (χ4v) is 1.98. The quantitative estimate of drug-likeness (QED) is 0.811. The van der Waals surface area contributed by atoms with Gasteiger partial charge in [-0.1, -0.05) is 18.5 Å². The zero-order valence-corrected chi connectivity index (χ0v) is 11.3. The van der Waals surface area contributed by atoms with E-state index in [4.69, 9.17) is 21.6 Å². The molecule has 0 aromatic heterocycles. The third-order valence-electron chi connectivity index (χ3n) is 2.75. The summed E-state index contributed by atoms with van der Waals surface area (Å²) in [5, 5.41) is 9.20. The number of nitrogens with zero attached hydrogens (tertiary/aromatic N) is 1.